The molecule has 2 N–H and O–H groups in total. The van der Waals surface area contributed by atoms with Crippen molar-refractivity contribution in [1.82, 2.24) is 0 Å². The average molecular weight is 103 g/mol. The fraction of sp³-hybridized carbons (Fsp3) is 0.500. The first-order valence-corrected chi connectivity index (χ1v) is 2.35. The van der Waals surface area contributed by atoms with E-state index in [1.54, 1.807) is 0 Å². The number of rotatable bonds is 1. The Hall–Kier alpha value is -0.110. The maximum atomic E-state index is 5.00. The summed E-state index contributed by atoms with van der Waals surface area (Å²) in [4.78, 5) is 0. The standard InChI is InChI=1S/C4H9NS/c1-4(6)2-3-5/h2-4,6H,5H2,1H3. The van der Waals surface area contributed by atoms with Crippen molar-refractivity contribution in [2.45, 2.75) is 12.2 Å². The van der Waals surface area contributed by atoms with E-state index in [2.05, 4.69) is 12.6 Å². The van der Waals surface area contributed by atoms with Gasteiger partial charge in [0.2, 0.25) is 0 Å². The molecule has 6 heavy (non-hydrogen) atoms. The molecule has 1 nitrogen and oxygen atoms in total. The minimum absolute atomic E-state index is 0.287. The van der Waals surface area contributed by atoms with Gasteiger partial charge in [0.05, 0.1) is 0 Å². The van der Waals surface area contributed by atoms with Crippen LogP contribution in [0.25, 0.3) is 0 Å². The Balaban J connectivity index is 3.03. The summed E-state index contributed by atoms with van der Waals surface area (Å²) in [5, 5.41) is 0.287. The number of thiol groups is 1. The van der Waals surface area contributed by atoms with Crippen molar-refractivity contribution in [2.24, 2.45) is 5.73 Å². The molecule has 0 aromatic rings. The molecule has 2 heteroatoms. The van der Waals surface area contributed by atoms with Gasteiger partial charge in [0, 0.05) is 5.25 Å². The predicted molar refractivity (Wildman–Crippen MR) is 31.8 cm³/mol. The second-order valence-electron chi connectivity index (χ2n) is 1.13. The van der Waals surface area contributed by atoms with Crippen LogP contribution >= 0.6 is 12.6 Å². The zero-order valence-electron chi connectivity index (χ0n) is 3.76. The Morgan fingerprint density at radius 3 is 2.33 bits per heavy atom. The lowest BCUT2D eigenvalue weighted by molar-refractivity contribution is 1.25. The van der Waals surface area contributed by atoms with E-state index in [1.165, 1.54) is 6.20 Å². The summed E-state index contributed by atoms with van der Waals surface area (Å²) in [6.07, 6.45) is 3.31. The van der Waals surface area contributed by atoms with Crippen molar-refractivity contribution in [1.29, 1.82) is 0 Å². The van der Waals surface area contributed by atoms with Crippen LogP contribution in [-0.4, -0.2) is 5.25 Å². The van der Waals surface area contributed by atoms with E-state index in [-0.39, 0.29) is 5.25 Å². The van der Waals surface area contributed by atoms with Crippen LogP contribution in [0.2, 0.25) is 0 Å². The van der Waals surface area contributed by atoms with Crippen molar-refractivity contribution in [2.75, 3.05) is 0 Å². The molecule has 0 radical (unpaired) electrons. The van der Waals surface area contributed by atoms with Crippen LogP contribution in [0.3, 0.4) is 0 Å². The van der Waals surface area contributed by atoms with Crippen molar-refractivity contribution in [3.05, 3.63) is 12.3 Å². The quantitative estimate of drug-likeness (QED) is 0.471. The topological polar surface area (TPSA) is 26.0 Å². The van der Waals surface area contributed by atoms with Crippen LogP contribution in [0.15, 0.2) is 12.3 Å². The molecule has 1 atom stereocenters. The Bertz CT molecular complexity index is 49.5. The molecule has 0 amide bonds. The molecule has 0 aromatic heterocycles. The molecule has 0 fully saturated rings. The highest BCUT2D eigenvalue weighted by Gasteiger charge is 1.77. The van der Waals surface area contributed by atoms with Gasteiger partial charge in [-0.3, -0.25) is 0 Å². The molecule has 0 rings (SSSR count). The normalized spacial score (nSPS) is 15.7. The summed E-state index contributed by atoms with van der Waals surface area (Å²) >= 11 is 4.01. The van der Waals surface area contributed by atoms with Crippen LogP contribution in [0.5, 0.6) is 0 Å². The minimum atomic E-state index is 0.287. The van der Waals surface area contributed by atoms with Crippen LogP contribution in [0, 0.1) is 0 Å². The molecular formula is C4H9NS. The van der Waals surface area contributed by atoms with Crippen molar-refractivity contribution in [3.63, 3.8) is 0 Å². The van der Waals surface area contributed by atoms with E-state index < -0.39 is 0 Å². The van der Waals surface area contributed by atoms with Gasteiger partial charge >= 0.3 is 0 Å². The first kappa shape index (κ1) is 5.89. The highest BCUT2D eigenvalue weighted by Crippen LogP contribution is 1.90. The molecule has 0 bridgehead atoms. The van der Waals surface area contributed by atoms with Gasteiger partial charge < -0.3 is 5.73 Å². The Morgan fingerprint density at radius 1 is 1.83 bits per heavy atom. The highest BCUT2D eigenvalue weighted by atomic mass is 32.1. The third kappa shape index (κ3) is 3.89. The van der Waals surface area contributed by atoms with E-state index >= 15 is 0 Å². The van der Waals surface area contributed by atoms with Crippen molar-refractivity contribution < 1.29 is 0 Å². The van der Waals surface area contributed by atoms with Gasteiger partial charge in [0.25, 0.3) is 0 Å². The van der Waals surface area contributed by atoms with Crippen LogP contribution in [0.1, 0.15) is 6.92 Å². The summed E-state index contributed by atoms with van der Waals surface area (Å²) < 4.78 is 0. The molecule has 0 saturated heterocycles. The molecule has 0 heterocycles. The summed E-state index contributed by atoms with van der Waals surface area (Å²) in [6.45, 7) is 1.95. The summed E-state index contributed by atoms with van der Waals surface area (Å²) in [6, 6.07) is 0. The molecule has 0 saturated carbocycles. The summed E-state index contributed by atoms with van der Waals surface area (Å²) in [5.41, 5.74) is 5.00. The largest absolute Gasteiger partial charge is 0.405 e. The van der Waals surface area contributed by atoms with Crippen molar-refractivity contribution >= 4 is 12.6 Å². The van der Waals surface area contributed by atoms with Gasteiger partial charge in [-0.15, -0.1) is 0 Å². The molecule has 36 valence electrons. The minimum Gasteiger partial charge on any atom is -0.405 e. The van der Waals surface area contributed by atoms with E-state index in [0.29, 0.717) is 0 Å². The van der Waals surface area contributed by atoms with Crippen molar-refractivity contribution in [3.8, 4) is 0 Å². The fourth-order valence-corrected chi connectivity index (χ4v) is 0.260. The second-order valence-corrected chi connectivity index (χ2v) is 1.94. The fourth-order valence-electron chi connectivity index (χ4n) is 0.161. The number of nitrogens with two attached hydrogens (primary N) is 1. The van der Waals surface area contributed by atoms with E-state index in [1.807, 2.05) is 13.0 Å². The second kappa shape index (κ2) is 3.09. The van der Waals surface area contributed by atoms with Gasteiger partial charge in [-0.05, 0) is 13.1 Å². The van der Waals surface area contributed by atoms with Gasteiger partial charge in [-0.2, -0.15) is 12.6 Å². The smallest absolute Gasteiger partial charge is 0.0185 e. The monoisotopic (exact) mass is 103 g/mol. The molecule has 0 spiro atoms. The lowest BCUT2D eigenvalue weighted by Gasteiger charge is -1.86. The maximum Gasteiger partial charge on any atom is 0.0185 e. The molecule has 0 aliphatic heterocycles. The first-order chi connectivity index (χ1) is 2.77. The van der Waals surface area contributed by atoms with Crippen LogP contribution < -0.4 is 5.73 Å². The predicted octanol–water partition coefficient (Wildman–Crippen LogP) is 0.777. The summed E-state index contributed by atoms with van der Waals surface area (Å²) in [5.74, 6) is 0. The van der Waals surface area contributed by atoms with E-state index in [0.717, 1.165) is 0 Å². The molecule has 1 unspecified atom stereocenters. The Morgan fingerprint density at radius 2 is 2.33 bits per heavy atom. The number of hydrogen-bond acceptors (Lipinski definition) is 2. The zero-order valence-corrected chi connectivity index (χ0v) is 4.65. The number of hydrogen-bond donors (Lipinski definition) is 2. The maximum absolute atomic E-state index is 5.00. The Labute approximate surface area is 43.6 Å². The first-order valence-electron chi connectivity index (χ1n) is 1.84. The Kier molecular flexibility index (Phi) is 3.04. The molecule has 0 aliphatic rings. The van der Waals surface area contributed by atoms with Gasteiger partial charge in [0.1, 0.15) is 0 Å². The lowest BCUT2D eigenvalue weighted by Crippen LogP contribution is -1.84. The zero-order chi connectivity index (χ0) is 4.99. The lowest BCUT2D eigenvalue weighted by atomic mass is 10.5. The SMILES string of the molecule is CC(S)C=CN. The molecule has 0 aliphatic carbocycles. The average Bonchev–Trinajstić information content (AvgIpc) is 1.35. The summed E-state index contributed by atoms with van der Waals surface area (Å²) in [7, 11) is 0. The van der Waals surface area contributed by atoms with Crippen LogP contribution in [-0.2, 0) is 0 Å². The van der Waals surface area contributed by atoms with E-state index in [9.17, 15) is 0 Å². The third-order valence-electron chi connectivity index (χ3n) is 0.390. The van der Waals surface area contributed by atoms with Gasteiger partial charge in [-0.1, -0.05) is 6.08 Å². The van der Waals surface area contributed by atoms with Gasteiger partial charge in [-0.25, -0.2) is 0 Å². The molecule has 0 aromatic carbocycles. The van der Waals surface area contributed by atoms with E-state index in [4.69, 9.17) is 5.73 Å². The third-order valence-corrected chi connectivity index (χ3v) is 0.562. The van der Waals surface area contributed by atoms with Gasteiger partial charge in [0.15, 0.2) is 0 Å². The highest BCUT2D eigenvalue weighted by molar-refractivity contribution is 7.81. The molecular weight excluding hydrogens is 94.1 g/mol. The van der Waals surface area contributed by atoms with Crippen LogP contribution in [0.4, 0.5) is 0 Å².